The molecule has 0 fully saturated rings. The zero-order valence-corrected chi connectivity index (χ0v) is 9.17. The molecule has 1 aromatic rings. The number of hydrazone groups is 1. The second-order valence-corrected chi connectivity index (χ2v) is 3.57. The smallest absolute Gasteiger partial charge is 0.0561 e. The van der Waals surface area contributed by atoms with Crippen molar-refractivity contribution in [3.8, 4) is 0 Å². The van der Waals surface area contributed by atoms with E-state index >= 15 is 0 Å². The fraction of sp³-hybridized carbons (Fsp3) is 0.417. The molecule has 2 nitrogen and oxygen atoms in total. The average molecular weight is 190 g/mol. The predicted octanol–water partition coefficient (Wildman–Crippen LogP) is 3.58. The van der Waals surface area contributed by atoms with Crippen LogP contribution in [0.2, 0.25) is 0 Å². The number of rotatable bonds is 4. The molecular weight excluding hydrogens is 172 g/mol. The van der Waals surface area contributed by atoms with Crippen LogP contribution in [0.5, 0.6) is 0 Å². The molecule has 2 heteroatoms. The molecule has 0 saturated heterocycles. The van der Waals surface area contributed by atoms with Gasteiger partial charge in [0.05, 0.1) is 5.69 Å². The standard InChI is InChI=1S/C12H18N2/c1-4-5-11(3)13-14-12-8-6-10(2)7-9-12/h6-9,14H,4-5H2,1-3H3/b13-11+. The van der Waals surface area contributed by atoms with Crippen LogP contribution in [0.15, 0.2) is 29.4 Å². The Balaban J connectivity index is 2.53. The maximum Gasteiger partial charge on any atom is 0.0561 e. The minimum atomic E-state index is 1.05. The van der Waals surface area contributed by atoms with E-state index in [2.05, 4.69) is 36.5 Å². The quantitative estimate of drug-likeness (QED) is 0.569. The van der Waals surface area contributed by atoms with E-state index in [1.54, 1.807) is 0 Å². The highest BCUT2D eigenvalue weighted by molar-refractivity contribution is 5.82. The van der Waals surface area contributed by atoms with Crippen molar-refractivity contribution < 1.29 is 0 Å². The maximum atomic E-state index is 4.28. The van der Waals surface area contributed by atoms with E-state index in [1.165, 1.54) is 5.56 Å². The molecule has 0 heterocycles. The third-order valence-corrected chi connectivity index (χ3v) is 2.04. The van der Waals surface area contributed by atoms with Gasteiger partial charge in [0.15, 0.2) is 0 Å². The summed E-state index contributed by atoms with van der Waals surface area (Å²) in [5.74, 6) is 0. The molecule has 0 saturated carbocycles. The van der Waals surface area contributed by atoms with Crippen LogP contribution >= 0.6 is 0 Å². The van der Waals surface area contributed by atoms with E-state index in [9.17, 15) is 0 Å². The highest BCUT2D eigenvalue weighted by Crippen LogP contribution is 2.08. The summed E-state index contributed by atoms with van der Waals surface area (Å²) in [6.45, 7) is 6.28. The number of hydrogen-bond acceptors (Lipinski definition) is 2. The van der Waals surface area contributed by atoms with Crippen molar-refractivity contribution >= 4 is 11.4 Å². The summed E-state index contributed by atoms with van der Waals surface area (Å²) < 4.78 is 0. The normalized spacial score (nSPS) is 11.5. The van der Waals surface area contributed by atoms with Crippen LogP contribution < -0.4 is 5.43 Å². The zero-order valence-electron chi connectivity index (χ0n) is 9.17. The maximum absolute atomic E-state index is 4.28. The summed E-state index contributed by atoms with van der Waals surface area (Å²) in [5.41, 5.74) is 6.51. The largest absolute Gasteiger partial charge is 0.279 e. The van der Waals surface area contributed by atoms with E-state index in [0.717, 1.165) is 24.2 Å². The molecule has 0 radical (unpaired) electrons. The molecule has 0 aromatic heterocycles. The van der Waals surface area contributed by atoms with Gasteiger partial charge in [0.1, 0.15) is 0 Å². The highest BCUT2D eigenvalue weighted by atomic mass is 15.3. The van der Waals surface area contributed by atoms with Crippen LogP contribution in [0.3, 0.4) is 0 Å². The summed E-state index contributed by atoms with van der Waals surface area (Å²) in [6, 6.07) is 8.23. The van der Waals surface area contributed by atoms with E-state index in [1.807, 2.05) is 19.1 Å². The van der Waals surface area contributed by atoms with Crippen molar-refractivity contribution in [3.63, 3.8) is 0 Å². The molecule has 1 rings (SSSR count). The molecule has 0 atom stereocenters. The number of aryl methyl sites for hydroxylation is 1. The first-order valence-electron chi connectivity index (χ1n) is 5.08. The van der Waals surface area contributed by atoms with Crippen molar-refractivity contribution in [1.29, 1.82) is 0 Å². The Morgan fingerprint density at radius 3 is 2.50 bits per heavy atom. The zero-order chi connectivity index (χ0) is 10.4. The van der Waals surface area contributed by atoms with E-state index in [0.29, 0.717) is 0 Å². The minimum absolute atomic E-state index is 1.05. The number of hydrogen-bond donors (Lipinski definition) is 1. The monoisotopic (exact) mass is 190 g/mol. The fourth-order valence-corrected chi connectivity index (χ4v) is 1.21. The molecule has 0 aliphatic heterocycles. The number of nitrogens with zero attached hydrogens (tertiary/aromatic N) is 1. The van der Waals surface area contributed by atoms with Gasteiger partial charge in [-0.05, 0) is 32.4 Å². The van der Waals surface area contributed by atoms with Gasteiger partial charge in [0.25, 0.3) is 0 Å². The van der Waals surface area contributed by atoms with E-state index in [-0.39, 0.29) is 0 Å². The lowest BCUT2D eigenvalue weighted by molar-refractivity contribution is 0.983. The van der Waals surface area contributed by atoms with Gasteiger partial charge in [-0.3, -0.25) is 5.43 Å². The molecule has 0 aliphatic carbocycles. The van der Waals surface area contributed by atoms with Gasteiger partial charge in [-0.2, -0.15) is 5.10 Å². The third-order valence-electron chi connectivity index (χ3n) is 2.04. The van der Waals surface area contributed by atoms with Crippen LogP contribution in [0, 0.1) is 6.92 Å². The molecule has 0 spiro atoms. The minimum Gasteiger partial charge on any atom is -0.279 e. The van der Waals surface area contributed by atoms with Crippen LogP contribution in [-0.2, 0) is 0 Å². The Bertz CT molecular complexity index is 299. The summed E-state index contributed by atoms with van der Waals surface area (Å²) in [7, 11) is 0. The van der Waals surface area contributed by atoms with Gasteiger partial charge in [0, 0.05) is 5.71 Å². The SMILES string of the molecule is CCC/C(C)=N/Nc1ccc(C)cc1. The first-order chi connectivity index (χ1) is 6.72. The number of nitrogens with one attached hydrogen (secondary N) is 1. The van der Waals surface area contributed by atoms with Crippen molar-refractivity contribution in [2.24, 2.45) is 5.10 Å². The van der Waals surface area contributed by atoms with Crippen molar-refractivity contribution in [1.82, 2.24) is 0 Å². The Morgan fingerprint density at radius 2 is 1.93 bits per heavy atom. The van der Waals surface area contributed by atoms with Crippen molar-refractivity contribution in [3.05, 3.63) is 29.8 Å². The van der Waals surface area contributed by atoms with Gasteiger partial charge in [-0.15, -0.1) is 0 Å². The van der Waals surface area contributed by atoms with Gasteiger partial charge in [0.2, 0.25) is 0 Å². The van der Waals surface area contributed by atoms with Crippen LogP contribution in [-0.4, -0.2) is 5.71 Å². The number of benzene rings is 1. The highest BCUT2D eigenvalue weighted by Gasteiger charge is 1.90. The topological polar surface area (TPSA) is 24.4 Å². The first kappa shape index (κ1) is 10.8. The Hall–Kier alpha value is -1.31. The van der Waals surface area contributed by atoms with Gasteiger partial charge >= 0.3 is 0 Å². The van der Waals surface area contributed by atoms with Gasteiger partial charge in [-0.25, -0.2) is 0 Å². The summed E-state index contributed by atoms with van der Waals surface area (Å²) in [6.07, 6.45) is 2.20. The third kappa shape index (κ3) is 3.60. The molecule has 1 aromatic carbocycles. The van der Waals surface area contributed by atoms with Crippen molar-refractivity contribution in [2.45, 2.75) is 33.6 Å². The molecule has 1 N–H and O–H groups in total. The first-order valence-corrected chi connectivity index (χ1v) is 5.08. The predicted molar refractivity (Wildman–Crippen MR) is 62.8 cm³/mol. The van der Waals surface area contributed by atoms with Gasteiger partial charge in [-0.1, -0.05) is 31.0 Å². The molecule has 0 unspecified atom stereocenters. The number of anilines is 1. The van der Waals surface area contributed by atoms with Crippen LogP contribution in [0.4, 0.5) is 5.69 Å². The van der Waals surface area contributed by atoms with Crippen molar-refractivity contribution in [2.75, 3.05) is 5.43 Å². The molecule has 0 amide bonds. The Kier molecular flexibility index (Phi) is 4.17. The summed E-state index contributed by atoms with van der Waals surface area (Å²) in [5, 5.41) is 4.28. The lowest BCUT2D eigenvalue weighted by Gasteiger charge is -2.02. The molecule has 76 valence electrons. The second-order valence-electron chi connectivity index (χ2n) is 3.57. The van der Waals surface area contributed by atoms with Gasteiger partial charge < -0.3 is 0 Å². The van der Waals surface area contributed by atoms with Crippen LogP contribution in [0.1, 0.15) is 32.3 Å². The van der Waals surface area contributed by atoms with E-state index in [4.69, 9.17) is 0 Å². The lowest BCUT2D eigenvalue weighted by atomic mass is 10.2. The molecule has 0 aliphatic rings. The molecular formula is C12H18N2. The summed E-state index contributed by atoms with van der Waals surface area (Å²) in [4.78, 5) is 0. The van der Waals surface area contributed by atoms with Crippen LogP contribution in [0.25, 0.3) is 0 Å². The lowest BCUT2D eigenvalue weighted by Crippen LogP contribution is -1.96. The Labute approximate surface area is 86.0 Å². The second kappa shape index (κ2) is 5.43. The fourth-order valence-electron chi connectivity index (χ4n) is 1.21. The molecule has 0 bridgehead atoms. The summed E-state index contributed by atoms with van der Waals surface area (Å²) >= 11 is 0. The Morgan fingerprint density at radius 1 is 1.29 bits per heavy atom. The van der Waals surface area contributed by atoms with E-state index < -0.39 is 0 Å². The average Bonchev–Trinajstić information content (AvgIpc) is 2.17. The molecule has 14 heavy (non-hydrogen) atoms.